The van der Waals surface area contributed by atoms with Crippen molar-refractivity contribution in [3.8, 4) is 0 Å². The predicted molar refractivity (Wildman–Crippen MR) is 62.2 cm³/mol. The number of aliphatic hydroxyl groups is 1. The van der Waals surface area contributed by atoms with E-state index in [0.29, 0.717) is 0 Å². The Kier molecular flexibility index (Phi) is 3.14. The summed E-state index contributed by atoms with van der Waals surface area (Å²) < 4.78 is 5.44. The Morgan fingerprint density at radius 1 is 1.53 bits per heavy atom. The van der Waals surface area contributed by atoms with Crippen LogP contribution < -0.4 is 0 Å². The van der Waals surface area contributed by atoms with Crippen LogP contribution >= 0.6 is 11.3 Å². The first-order valence-electron chi connectivity index (χ1n) is 5.48. The molecule has 0 radical (unpaired) electrons. The Labute approximate surface area is 94.9 Å². The van der Waals surface area contributed by atoms with Gasteiger partial charge in [0.15, 0.2) is 0 Å². The Bertz CT molecular complexity index is 334. The summed E-state index contributed by atoms with van der Waals surface area (Å²) >= 11 is 1.69. The average molecular weight is 226 g/mol. The molecular formula is C12H18O2S. The molecule has 2 atom stereocenters. The molecular weight excluding hydrogens is 208 g/mol. The van der Waals surface area contributed by atoms with Gasteiger partial charge in [-0.25, -0.2) is 0 Å². The van der Waals surface area contributed by atoms with Crippen LogP contribution in [0.15, 0.2) is 11.4 Å². The topological polar surface area (TPSA) is 29.5 Å². The number of ether oxygens (including phenoxy) is 1. The van der Waals surface area contributed by atoms with Crippen LogP contribution in [0.25, 0.3) is 0 Å². The van der Waals surface area contributed by atoms with Crippen LogP contribution in [0.5, 0.6) is 0 Å². The second kappa shape index (κ2) is 4.24. The fourth-order valence-corrected chi connectivity index (χ4v) is 3.36. The van der Waals surface area contributed by atoms with Gasteiger partial charge >= 0.3 is 0 Å². The van der Waals surface area contributed by atoms with Gasteiger partial charge in [-0.15, -0.1) is 11.3 Å². The lowest BCUT2D eigenvalue weighted by atomic mass is 9.77. The summed E-state index contributed by atoms with van der Waals surface area (Å²) in [5.74, 6) is 0. The highest BCUT2D eigenvalue weighted by Gasteiger charge is 2.41. The molecule has 0 bridgehead atoms. The van der Waals surface area contributed by atoms with Crippen molar-refractivity contribution in [2.45, 2.75) is 44.3 Å². The van der Waals surface area contributed by atoms with Crippen molar-refractivity contribution in [3.63, 3.8) is 0 Å². The van der Waals surface area contributed by atoms with E-state index in [1.165, 1.54) is 4.88 Å². The highest BCUT2D eigenvalue weighted by atomic mass is 32.1. The Hall–Kier alpha value is -0.380. The van der Waals surface area contributed by atoms with Gasteiger partial charge in [0.1, 0.15) is 5.60 Å². The molecule has 1 aliphatic carbocycles. The maximum absolute atomic E-state index is 10.8. The number of aryl methyl sites for hydroxylation is 1. The minimum Gasteiger partial charge on any atom is -0.382 e. The van der Waals surface area contributed by atoms with Gasteiger partial charge in [-0.1, -0.05) is 12.8 Å². The second-order valence-electron chi connectivity index (χ2n) is 4.28. The van der Waals surface area contributed by atoms with Crippen LogP contribution in [0.1, 0.15) is 36.1 Å². The Morgan fingerprint density at radius 2 is 2.33 bits per heavy atom. The predicted octanol–water partition coefficient (Wildman–Crippen LogP) is 2.83. The van der Waals surface area contributed by atoms with Gasteiger partial charge in [-0.3, -0.25) is 0 Å². The molecule has 1 aromatic rings. The molecule has 1 saturated carbocycles. The third-order valence-electron chi connectivity index (χ3n) is 3.42. The molecule has 0 aliphatic heterocycles. The third-order valence-corrected chi connectivity index (χ3v) is 4.26. The number of methoxy groups -OCH3 is 1. The fraction of sp³-hybridized carbons (Fsp3) is 0.667. The van der Waals surface area contributed by atoms with Crippen LogP contribution in [0.2, 0.25) is 0 Å². The molecule has 0 amide bonds. The molecule has 15 heavy (non-hydrogen) atoms. The number of rotatable bonds is 2. The van der Waals surface area contributed by atoms with Gasteiger partial charge in [-0.2, -0.15) is 0 Å². The molecule has 2 rings (SSSR count). The summed E-state index contributed by atoms with van der Waals surface area (Å²) in [4.78, 5) is 1.21. The van der Waals surface area contributed by atoms with E-state index in [1.54, 1.807) is 18.4 Å². The summed E-state index contributed by atoms with van der Waals surface area (Å²) in [5, 5.41) is 12.8. The SMILES string of the molecule is COC1CCCCC1(O)c1ccsc1C. The normalized spacial score (nSPS) is 31.8. The minimum absolute atomic E-state index is 0.0421. The molecule has 84 valence electrons. The molecule has 1 heterocycles. The van der Waals surface area contributed by atoms with Gasteiger partial charge in [0.25, 0.3) is 0 Å². The van der Waals surface area contributed by atoms with E-state index in [-0.39, 0.29) is 6.10 Å². The smallest absolute Gasteiger partial charge is 0.117 e. The first-order valence-corrected chi connectivity index (χ1v) is 6.36. The molecule has 1 aromatic heterocycles. The number of thiophene rings is 1. The van der Waals surface area contributed by atoms with Gasteiger partial charge in [0, 0.05) is 12.0 Å². The Balaban J connectivity index is 2.34. The summed E-state index contributed by atoms with van der Waals surface area (Å²) in [6.07, 6.45) is 3.99. The lowest BCUT2D eigenvalue weighted by Gasteiger charge is -2.39. The average Bonchev–Trinajstić information content (AvgIpc) is 2.66. The van der Waals surface area contributed by atoms with Crippen molar-refractivity contribution in [2.24, 2.45) is 0 Å². The van der Waals surface area contributed by atoms with E-state index >= 15 is 0 Å². The van der Waals surface area contributed by atoms with Crippen molar-refractivity contribution in [1.82, 2.24) is 0 Å². The quantitative estimate of drug-likeness (QED) is 0.840. The summed E-state index contributed by atoms with van der Waals surface area (Å²) in [6.45, 7) is 2.07. The summed E-state index contributed by atoms with van der Waals surface area (Å²) in [6, 6.07) is 2.04. The first kappa shape index (κ1) is 11.1. The zero-order valence-corrected chi connectivity index (χ0v) is 10.1. The zero-order chi connectivity index (χ0) is 10.9. The van der Waals surface area contributed by atoms with Crippen molar-refractivity contribution >= 4 is 11.3 Å². The van der Waals surface area contributed by atoms with Crippen molar-refractivity contribution in [1.29, 1.82) is 0 Å². The number of hydrogen-bond acceptors (Lipinski definition) is 3. The van der Waals surface area contributed by atoms with Gasteiger partial charge < -0.3 is 9.84 Å². The summed E-state index contributed by atoms with van der Waals surface area (Å²) in [7, 11) is 1.70. The van der Waals surface area contributed by atoms with Crippen LogP contribution in [0, 0.1) is 6.92 Å². The van der Waals surface area contributed by atoms with E-state index < -0.39 is 5.60 Å². The van der Waals surface area contributed by atoms with Crippen LogP contribution in [0.4, 0.5) is 0 Å². The lowest BCUT2D eigenvalue weighted by molar-refractivity contribution is -0.122. The van der Waals surface area contributed by atoms with Gasteiger partial charge in [-0.05, 0) is 36.8 Å². The fourth-order valence-electron chi connectivity index (χ4n) is 2.58. The zero-order valence-electron chi connectivity index (χ0n) is 9.32. The highest BCUT2D eigenvalue weighted by molar-refractivity contribution is 7.10. The molecule has 0 aromatic carbocycles. The van der Waals surface area contributed by atoms with E-state index in [2.05, 4.69) is 6.92 Å². The molecule has 2 nitrogen and oxygen atoms in total. The largest absolute Gasteiger partial charge is 0.382 e. The maximum atomic E-state index is 10.8. The number of hydrogen-bond donors (Lipinski definition) is 1. The monoisotopic (exact) mass is 226 g/mol. The molecule has 2 unspecified atom stereocenters. The van der Waals surface area contributed by atoms with Crippen molar-refractivity contribution < 1.29 is 9.84 Å². The van der Waals surface area contributed by atoms with Gasteiger partial charge in [0.2, 0.25) is 0 Å². The van der Waals surface area contributed by atoms with Crippen LogP contribution in [-0.4, -0.2) is 18.3 Å². The maximum Gasteiger partial charge on any atom is 0.117 e. The van der Waals surface area contributed by atoms with Crippen molar-refractivity contribution in [2.75, 3.05) is 7.11 Å². The van der Waals surface area contributed by atoms with E-state index in [1.807, 2.05) is 11.4 Å². The standard InChI is InChI=1S/C12H18O2S/c1-9-10(6-8-15-9)12(13)7-4-3-5-11(12)14-2/h6,8,11,13H,3-5,7H2,1-2H3. The summed E-state index contributed by atoms with van der Waals surface area (Å²) in [5.41, 5.74) is 0.316. The highest BCUT2D eigenvalue weighted by Crippen LogP contribution is 2.41. The minimum atomic E-state index is -0.753. The van der Waals surface area contributed by atoms with Crippen molar-refractivity contribution in [3.05, 3.63) is 21.9 Å². The molecule has 1 aliphatic rings. The molecule has 0 spiro atoms. The third kappa shape index (κ3) is 1.84. The van der Waals surface area contributed by atoms with Crippen LogP contribution in [-0.2, 0) is 10.3 Å². The Morgan fingerprint density at radius 3 is 2.93 bits per heavy atom. The molecule has 3 heteroatoms. The van der Waals surface area contributed by atoms with Gasteiger partial charge in [0.05, 0.1) is 6.10 Å². The molecule has 1 fully saturated rings. The van der Waals surface area contributed by atoms with Crippen LogP contribution in [0.3, 0.4) is 0 Å². The van der Waals surface area contributed by atoms with E-state index in [4.69, 9.17) is 4.74 Å². The molecule has 1 N–H and O–H groups in total. The second-order valence-corrected chi connectivity index (χ2v) is 5.41. The lowest BCUT2D eigenvalue weighted by Crippen LogP contribution is -2.43. The van der Waals surface area contributed by atoms with E-state index in [9.17, 15) is 5.11 Å². The van der Waals surface area contributed by atoms with E-state index in [0.717, 1.165) is 31.2 Å². The molecule has 0 saturated heterocycles. The first-order chi connectivity index (χ1) is 7.18.